The number of aromatic nitrogens is 1. The first-order valence-corrected chi connectivity index (χ1v) is 8.79. The van der Waals surface area contributed by atoms with E-state index in [4.69, 9.17) is 5.26 Å². The maximum Gasteiger partial charge on any atom is 0.274 e. The van der Waals surface area contributed by atoms with Gasteiger partial charge < -0.3 is 10.6 Å². The van der Waals surface area contributed by atoms with Gasteiger partial charge in [0, 0.05) is 11.7 Å². The monoisotopic (exact) mass is 334 g/mol. The Morgan fingerprint density at radius 2 is 1.68 bits per heavy atom. The molecule has 0 radical (unpaired) electrons. The summed E-state index contributed by atoms with van der Waals surface area (Å²) in [6.07, 6.45) is 9.31. The third kappa shape index (κ3) is 4.80. The fourth-order valence-electron chi connectivity index (χ4n) is 3.10. The van der Waals surface area contributed by atoms with Crippen LogP contribution in [0.15, 0.2) is 42.6 Å². The van der Waals surface area contributed by atoms with E-state index in [1.165, 1.54) is 38.5 Å². The van der Waals surface area contributed by atoms with E-state index < -0.39 is 0 Å². The third-order valence-electron chi connectivity index (χ3n) is 4.49. The molecule has 0 unspecified atom stereocenters. The van der Waals surface area contributed by atoms with Gasteiger partial charge in [-0.15, -0.1) is 0 Å². The van der Waals surface area contributed by atoms with Crippen LogP contribution in [0.2, 0.25) is 0 Å². The highest BCUT2D eigenvalue weighted by molar-refractivity contribution is 6.02. The van der Waals surface area contributed by atoms with Crippen molar-refractivity contribution < 1.29 is 4.79 Å². The molecule has 1 saturated carbocycles. The zero-order chi connectivity index (χ0) is 17.5. The van der Waals surface area contributed by atoms with Crippen molar-refractivity contribution in [1.82, 2.24) is 4.98 Å². The van der Waals surface area contributed by atoms with Crippen LogP contribution in [0.3, 0.4) is 0 Å². The molecule has 1 aliphatic carbocycles. The minimum atomic E-state index is -0.259. The first-order valence-electron chi connectivity index (χ1n) is 8.79. The van der Waals surface area contributed by atoms with Gasteiger partial charge in [0.15, 0.2) is 0 Å². The Bertz CT molecular complexity index is 739. The number of anilines is 2. The van der Waals surface area contributed by atoms with Crippen LogP contribution in [0.5, 0.6) is 0 Å². The number of rotatable bonds is 4. The van der Waals surface area contributed by atoms with E-state index in [1.54, 1.807) is 36.5 Å². The molecule has 128 valence electrons. The summed E-state index contributed by atoms with van der Waals surface area (Å²) in [5.74, 6) is -0.259. The van der Waals surface area contributed by atoms with Gasteiger partial charge in [0.05, 0.1) is 23.5 Å². The Labute approximate surface area is 148 Å². The molecule has 5 nitrogen and oxygen atoms in total. The summed E-state index contributed by atoms with van der Waals surface area (Å²) in [7, 11) is 0. The number of hydrogen-bond acceptors (Lipinski definition) is 4. The molecular weight excluding hydrogens is 312 g/mol. The molecular formula is C20H22N4O. The van der Waals surface area contributed by atoms with Crippen molar-refractivity contribution in [2.24, 2.45) is 0 Å². The maximum atomic E-state index is 12.3. The lowest BCUT2D eigenvalue weighted by molar-refractivity contribution is 0.102. The number of nitrogens with one attached hydrogen (secondary N) is 2. The summed E-state index contributed by atoms with van der Waals surface area (Å²) in [6.45, 7) is 0. The van der Waals surface area contributed by atoms with Gasteiger partial charge in [0.25, 0.3) is 5.91 Å². The van der Waals surface area contributed by atoms with Crippen LogP contribution in [0.4, 0.5) is 11.4 Å². The van der Waals surface area contributed by atoms with Crippen molar-refractivity contribution >= 4 is 17.3 Å². The molecule has 1 aromatic heterocycles. The molecule has 0 spiro atoms. The highest BCUT2D eigenvalue weighted by Crippen LogP contribution is 2.21. The van der Waals surface area contributed by atoms with Crippen LogP contribution >= 0.6 is 0 Å². The zero-order valence-electron chi connectivity index (χ0n) is 14.2. The summed E-state index contributed by atoms with van der Waals surface area (Å²) in [4.78, 5) is 16.5. The molecule has 1 amide bonds. The predicted octanol–water partition coefficient (Wildman–Crippen LogP) is 4.34. The Hall–Kier alpha value is -2.87. The SMILES string of the molecule is N#Cc1ccc(NC(=O)c2ccc(NC3CCCCCC3)cn2)cc1. The fourth-order valence-corrected chi connectivity index (χ4v) is 3.10. The molecule has 0 saturated heterocycles. The van der Waals surface area contributed by atoms with E-state index in [9.17, 15) is 4.79 Å². The maximum absolute atomic E-state index is 12.3. The molecule has 0 aliphatic heterocycles. The molecule has 1 fully saturated rings. The van der Waals surface area contributed by atoms with Crippen LogP contribution < -0.4 is 10.6 Å². The highest BCUT2D eigenvalue weighted by Gasteiger charge is 2.13. The number of benzene rings is 1. The normalized spacial score (nSPS) is 15.0. The third-order valence-corrected chi connectivity index (χ3v) is 4.49. The number of amides is 1. The Balaban J connectivity index is 1.58. The van der Waals surface area contributed by atoms with Gasteiger partial charge in [0.2, 0.25) is 0 Å². The zero-order valence-corrected chi connectivity index (χ0v) is 14.2. The van der Waals surface area contributed by atoms with E-state index in [2.05, 4.69) is 21.7 Å². The molecule has 2 N–H and O–H groups in total. The molecule has 1 aromatic carbocycles. The van der Waals surface area contributed by atoms with Crippen molar-refractivity contribution in [3.63, 3.8) is 0 Å². The van der Waals surface area contributed by atoms with E-state index >= 15 is 0 Å². The molecule has 1 aliphatic rings. The lowest BCUT2D eigenvalue weighted by Crippen LogP contribution is -2.19. The van der Waals surface area contributed by atoms with Crippen molar-refractivity contribution in [2.45, 2.75) is 44.6 Å². The summed E-state index contributed by atoms with van der Waals surface area (Å²) < 4.78 is 0. The first-order chi connectivity index (χ1) is 12.2. The van der Waals surface area contributed by atoms with Crippen molar-refractivity contribution in [1.29, 1.82) is 5.26 Å². The van der Waals surface area contributed by atoms with Gasteiger partial charge in [-0.2, -0.15) is 5.26 Å². The Kier molecular flexibility index (Phi) is 5.63. The summed E-state index contributed by atoms with van der Waals surface area (Å²) in [6, 6.07) is 12.9. The lowest BCUT2D eigenvalue weighted by atomic mass is 10.1. The van der Waals surface area contributed by atoms with E-state index in [1.807, 2.05) is 6.07 Å². The lowest BCUT2D eigenvalue weighted by Gasteiger charge is -2.17. The topological polar surface area (TPSA) is 77.8 Å². The minimum Gasteiger partial charge on any atom is -0.381 e. The number of nitriles is 1. The summed E-state index contributed by atoms with van der Waals surface area (Å²) in [5.41, 5.74) is 2.54. The van der Waals surface area contributed by atoms with Crippen molar-refractivity contribution in [2.75, 3.05) is 10.6 Å². The van der Waals surface area contributed by atoms with Gasteiger partial charge in [-0.05, 0) is 49.2 Å². The number of pyridine rings is 1. The van der Waals surface area contributed by atoms with Gasteiger partial charge >= 0.3 is 0 Å². The Morgan fingerprint density at radius 3 is 2.28 bits per heavy atom. The molecule has 2 aromatic rings. The van der Waals surface area contributed by atoms with Gasteiger partial charge in [0.1, 0.15) is 5.69 Å². The Morgan fingerprint density at radius 1 is 1.00 bits per heavy atom. The van der Waals surface area contributed by atoms with Crippen LogP contribution in [-0.4, -0.2) is 16.9 Å². The summed E-state index contributed by atoms with van der Waals surface area (Å²) >= 11 is 0. The van der Waals surface area contributed by atoms with Gasteiger partial charge in [-0.3, -0.25) is 4.79 Å². The average molecular weight is 334 g/mol. The molecule has 0 bridgehead atoms. The number of carbonyl (C=O) groups is 1. The average Bonchev–Trinajstić information content (AvgIpc) is 2.91. The minimum absolute atomic E-state index is 0.259. The number of hydrogen-bond donors (Lipinski definition) is 2. The van der Waals surface area contributed by atoms with Crippen LogP contribution in [0.1, 0.15) is 54.6 Å². The van der Waals surface area contributed by atoms with Gasteiger partial charge in [-0.25, -0.2) is 4.98 Å². The number of carbonyl (C=O) groups excluding carboxylic acids is 1. The van der Waals surface area contributed by atoms with Gasteiger partial charge in [-0.1, -0.05) is 25.7 Å². The molecule has 3 rings (SSSR count). The quantitative estimate of drug-likeness (QED) is 0.815. The molecule has 1 heterocycles. The smallest absolute Gasteiger partial charge is 0.274 e. The highest BCUT2D eigenvalue weighted by atomic mass is 16.1. The molecule has 0 atom stereocenters. The largest absolute Gasteiger partial charge is 0.381 e. The summed E-state index contributed by atoms with van der Waals surface area (Å²) in [5, 5.41) is 15.1. The predicted molar refractivity (Wildman–Crippen MR) is 98.5 cm³/mol. The van der Waals surface area contributed by atoms with Crippen molar-refractivity contribution in [3.05, 3.63) is 53.9 Å². The van der Waals surface area contributed by atoms with E-state index in [-0.39, 0.29) is 5.91 Å². The molecule has 25 heavy (non-hydrogen) atoms. The second-order valence-electron chi connectivity index (χ2n) is 6.41. The van der Waals surface area contributed by atoms with E-state index in [0.29, 0.717) is 23.0 Å². The van der Waals surface area contributed by atoms with Crippen LogP contribution in [0.25, 0.3) is 0 Å². The first kappa shape index (κ1) is 17.0. The number of nitrogens with zero attached hydrogens (tertiary/aromatic N) is 2. The fraction of sp³-hybridized carbons (Fsp3) is 0.350. The van der Waals surface area contributed by atoms with Crippen LogP contribution in [0, 0.1) is 11.3 Å². The molecule has 5 heteroatoms. The second kappa shape index (κ2) is 8.29. The second-order valence-corrected chi connectivity index (χ2v) is 6.41. The standard InChI is InChI=1S/C20H22N4O/c21-13-15-7-9-17(10-8-15)24-20(25)19-12-11-18(14-22-19)23-16-5-3-1-2-4-6-16/h7-12,14,16,23H,1-6H2,(H,24,25). The van der Waals surface area contributed by atoms with E-state index in [0.717, 1.165) is 5.69 Å². The van der Waals surface area contributed by atoms with Crippen molar-refractivity contribution in [3.8, 4) is 6.07 Å². The van der Waals surface area contributed by atoms with Crippen LogP contribution in [-0.2, 0) is 0 Å².